The molecule has 0 fully saturated rings. The normalized spacial score (nSPS) is 13.0. The molecule has 0 unspecified atom stereocenters. The summed E-state index contributed by atoms with van der Waals surface area (Å²) < 4.78 is 5.79. The van der Waals surface area contributed by atoms with Crippen LogP contribution in [0.25, 0.3) is 0 Å². The molecule has 0 saturated carbocycles. The van der Waals surface area contributed by atoms with Crippen LogP contribution in [0, 0.1) is 11.3 Å². The Kier molecular flexibility index (Phi) is 3.03. The van der Waals surface area contributed by atoms with Crippen molar-refractivity contribution in [2.45, 2.75) is 12.8 Å². The second-order valence-corrected chi connectivity index (χ2v) is 4.42. The predicted molar refractivity (Wildman–Crippen MR) is 72.3 cm³/mol. The minimum absolute atomic E-state index is 0.444. The van der Waals surface area contributed by atoms with E-state index in [4.69, 9.17) is 10.00 Å². The number of anilines is 1. The largest absolute Gasteiger partial charge is 0.437 e. The Labute approximate surface area is 111 Å². The minimum Gasteiger partial charge on any atom is -0.437 e. The first-order valence-electron chi connectivity index (χ1n) is 6.26. The van der Waals surface area contributed by atoms with Crippen molar-refractivity contribution >= 4 is 5.69 Å². The van der Waals surface area contributed by atoms with Crippen molar-refractivity contribution < 1.29 is 4.74 Å². The second kappa shape index (κ2) is 4.99. The average molecular weight is 251 g/mol. The highest BCUT2D eigenvalue weighted by molar-refractivity contribution is 5.64. The highest BCUT2D eigenvalue weighted by Crippen LogP contribution is 2.34. The zero-order valence-corrected chi connectivity index (χ0v) is 10.4. The highest BCUT2D eigenvalue weighted by Gasteiger charge is 2.14. The van der Waals surface area contributed by atoms with Crippen molar-refractivity contribution in [3.8, 4) is 17.7 Å². The Bertz CT molecular complexity index is 646. The van der Waals surface area contributed by atoms with Crippen molar-refractivity contribution in [2.24, 2.45) is 0 Å². The lowest BCUT2D eigenvalue weighted by Gasteiger charge is -2.20. The zero-order chi connectivity index (χ0) is 13.1. The average Bonchev–Trinajstić information content (AvgIpc) is 2.48. The van der Waals surface area contributed by atoms with Crippen molar-refractivity contribution in [2.75, 3.05) is 11.9 Å². The topological polar surface area (TPSA) is 57.9 Å². The van der Waals surface area contributed by atoms with Gasteiger partial charge in [0.1, 0.15) is 0 Å². The van der Waals surface area contributed by atoms with Crippen molar-refractivity contribution in [1.29, 1.82) is 5.26 Å². The van der Waals surface area contributed by atoms with Crippen molar-refractivity contribution in [3.63, 3.8) is 0 Å². The number of rotatable bonds is 2. The molecule has 1 aromatic heterocycles. The molecule has 0 amide bonds. The first-order chi connectivity index (χ1) is 9.36. The zero-order valence-electron chi connectivity index (χ0n) is 10.4. The van der Waals surface area contributed by atoms with Crippen molar-refractivity contribution in [3.05, 3.63) is 47.7 Å². The standard InChI is InChI=1S/C15H13N3O/c16-10-11-6-8-17-14(9-11)19-13-5-1-3-12-4-2-7-18-15(12)13/h1,3,5-6,8-9,18H,2,4,7H2. The summed E-state index contributed by atoms with van der Waals surface area (Å²) in [7, 11) is 0. The van der Waals surface area contributed by atoms with Gasteiger partial charge in [0.2, 0.25) is 5.88 Å². The summed E-state index contributed by atoms with van der Waals surface area (Å²) in [6.07, 6.45) is 3.78. The summed E-state index contributed by atoms with van der Waals surface area (Å²) in [4.78, 5) is 4.13. The van der Waals surface area contributed by atoms with Crippen LogP contribution >= 0.6 is 0 Å². The number of nitrogens with one attached hydrogen (secondary N) is 1. The Morgan fingerprint density at radius 2 is 2.26 bits per heavy atom. The summed E-state index contributed by atoms with van der Waals surface area (Å²) in [6, 6.07) is 11.4. The lowest BCUT2D eigenvalue weighted by Crippen LogP contribution is -2.12. The quantitative estimate of drug-likeness (QED) is 0.891. The van der Waals surface area contributed by atoms with Crippen LogP contribution < -0.4 is 10.1 Å². The molecule has 1 aliphatic heterocycles. The SMILES string of the molecule is N#Cc1ccnc(Oc2cccc3c2NCCC3)c1. The Hall–Kier alpha value is -2.54. The molecule has 0 spiro atoms. The van der Waals surface area contributed by atoms with Gasteiger partial charge in [0.05, 0.1) is 17.3 Å². The lowest BCUT2D eigenvalue weighted by atomic mass is 10.0. The fraction of sp³-hybridized carbons (Fsp3) is 0.200. The molecule has 1 N–H and O–H groups in total. The van der Waals surface area contributed by atoms with E-state index in [-0.39, 0.29) is 0 Å². The van der Waals surface area contributed by atoms with Crippen LogP contribution in [0.4, 0.5) is 5.69 Å². The van der Waals surface area contributed by atoms with E-state index in [9.17, 15) is 0 Å². The van der Waals surface area contributed by atoms with E-state index < -0.39 is 0 Å². The minimum atomic E-state index is 0.444. The number of hydrogen-bond donors (Lipinski definition) is 1. The molecule has 0 radical (unpaired) electrons. The molecule has 4 heteroatoms. The predicted octanol–water partition coefficient (Wildman–Crippen LogP) is 3.10. The van der Waals surface area contributed by atoms with Crippen LogP contribution in [0.2, 0.25) is 0 Å². The van der Waals surface area contributed by atoms with E-state index in [0.717, 1.165) is 30.8 Å². The van der Waals surface area contributed by atoms with Gasteiger partial charge in [0, 0.05) is 18.8 Å². The first kappa shape index (κ1) is 11.5. The highest BCUT2D eigenvalue weighted by atomic mass is 16.5. The molecular weight excluding hydrogens is 238 g/mol. The number of nitriles is 1. The van der Waals surface area contributed by atoms with Gasteiger partial charge in [-0.15, -0.1) is 0 Å². The molecule has 0 bridgehead atoms. The maximum absolute atomic E-state index is 8.87. The molecule has 0 atom stereocenters. The third-order valence-electron chi connectivity index (χ3n) is 3.12. The summed E-state index contributed by atoms with van der Waals surface area (Å²) >= 11 is 0. The molecule has 19 heavy (non-hydrogen) atoms. The van der Waals surface area contributed by atoms with Gasteiger partial charge < -0.3 is 10.1 Å². The van der Waals surface area contributed by atoms with Crippen LogP contribution in [0.5, 0.6) is 11.6 Å². The fourth-order valence-electron chi connectivity index (χ4n) is 2.21. The van der Waals surface area contributed by atoms with Gasteiger partial charge in [0.25, 0.3) is 0 Å². The van der Waals surface area contributed by atoms with E-state index in [1.807, 2.05) is 12.1 Å². The Morgan fingerprint density at radius 1 is 1.32 bits per heavy atom. The first-order valence-corrected chi connectivity index (χ1v) is 6.26. The lowest BCUT2D eigenvalue weighted by molar-refractivity contribution is 0.463. The number of hydrogen-bond acceptors (Lipinski definition) is 4. The van der Waals surface area contributed by atoms with Crippen LogP contribution in [-0.2, 0) is 6.42 Å². The molecule has 2 aromatic rings. The number of benzene rings is 1. The Morgan fingerprint density at radius 3 is 3.16 bits per heavy atom. The maximum Gasteiger partial charge on any atom is 0.220 e. The molecule has 94 valence electrons. The molecule has 1 aliphatic rings. The van der Waals surface area contributed by atoms with E-state index in [1.165, 1.54) is 5.56 Å². The van der Waals surface area contributed by atoms with E-state index in [0.29, 0.717) is 11.4 Å². The van der Waals surface area contributed by atoms with Gasteiger partial charge in [-0.1, -0.05) is 12.1 Å². The van der Waals surface area contributed by atoms with Gasteiger partial charge >= 0.3 is 0 Å². The third kappa shape index (κ3) is 2.36. The number of pyridine rings is 1. The molecular formula is C15H13N3O. The fourth-order valence-corrected chi connectivity index (χ4v) is 2.21. The monoisotopic (exact) mass is 251 g/mol. The molecule has 1 aromatic carbocycles. The van der Waals surface area contributed by atoms with Gasteiger partial charge in [-0.25, -0.2) is 4.98 Å². The molecule has 0 aliphatic carbocycles. The summed E-state index contributed by atoms with van der Waals surface area (Å²) in [5.74, 6) is 1.21. The van der Waals surface area contributed by atoms with Gasteiger partial charge in [-0.2, -0.15) is 5.26 Å². The molecule has 0 saturated heterocycles. The van der Waals surface area contributed by atoms with Gasteiger partial charge in [-0.05, 0) is 30.5 Å². The number of aromatic nitrogens is 1. The Balaban J connectivity index is 1.93. The molecule has 4 nitrogen and oxygen atoms in total. The summed E-state index contributed by atoms with van der Waals surface area (Å²) in [5, 5.41) is 12.2. The van der Waals surface area contributed by atoms with E-state index >= 15 is 0 Å². The summed E-state index contributed by atoms with van der Waals surface area (Å²) in [6.45, 7) is 0.957. The van der Waals surface area contributed by atoms with Gasteiger partial charge in [0.15, 0.2) is 5.75 Å². The number of para-hydroxylation sites is 1. The van der Waals surface area contributed by atoms with Gasteiger partial charge in [-0.3, -0.25) is 0 Å². The van der Waals surface area contributed by atoms with Crippen molar-refractivity contribution in [1.82, 2.24) is 4.98 Å². The third-order valence-corrected chi connectivity index (χ3v) is 3.12. The summed E-state index contributed by atoms with van der Waals surface area (Å²) in [5.41, 5.74) is 2.85. The van der Waals surface area contributed by atoms with Crippen LogP contribution in [0.15, 0.2) is 36.5 Å². The molecule has 2 heterocycles. The maximum atomic E-state index is 8.87. The van der Waals surface area contributed by atoms with E-state index in [2.05, 4.69) is 22.4 Å². The number of fused-ring (bicyclic) bond motifs is 1. The second-order valence-electron chi connectivity index (χ2n) is 4.42. The molecule has 3 rings (SSSR count). The number of aryl methyl sites for hydroxylation is 1. The number of ether oxygens (including phenoxy) is 1. The smallest absolute Gasteiger partial charge is 0.220 e. The van der Waals surface area contributed by atoms with Crippen LogP contribution in [-0.4, -0.2) is 11.5 Å². The number of nitrogens with zero attached hydrogens (tertiary/aromatic N) is 2. The van der Waals surface area contributed by atoms with Crippen LogP contribution in [0.1, 0.15) is 17.5 Å². The van der Waals surface area contributed by atoms with Crippen LogP contribution in [0.3, 0.4) is 0 Å². The van der Waals surface area contributed by atoms with E-state index in [1.54, 1.807) is 18.3 Å².